The van der Waals surface area contributed by atoms with Crippen molar-refractivity contribution in [3.63, 3.8) is 0 Å². The lowest BCUT2D eigenvalue weighted by Gasteiger charge is -2.29. The first kappa shape index (κ1) is 36.5. The smallest absolute Gasteiger partial charge is 0.143 e. The van der Waals surface area contributed by atoms with Crippen molar-refractivity contribution in [2.24, 2.45) is 0 Å². The maximum atomic E-state index is 6.94. The maximum absolute atomic E-state index is 6.94. The zero-order valence-corrected chi connectivity index (χ0v) is 35.6. The summed E-state index contributed by atoms with van der Waals surface area (Å²) in [4.78, 5) is 2.40. The quantitative estimate of drug-likeness (QED) is 0.167. The van der Waals surface area contributed by atoms with E-state index in [1.807, 2.05) is 0 Å². The molecule has 0 N–H and O–H groups in total. The number of rotatable bonds is 6. The zero-order valence-electron chi connectivity index (χ0n) is 35.6. The van der Waals surface area contributed by atoms with E-state index in [1.54, 1.807) is 0 Å². The number of fused-ring (bicyclic) bond motifs is 11. The van der Waals surface area contributed by atoms with Gasteiger partial charge in [0, 0.05) is 60.5 Å². The fourth-order valence-electron chi connectivity index (χ4n) is 10.9. The predicted octanol–water partition coefficient (Wildman–Crippen LogP) is 16.9. The van der Waals surface area contributed by atoms with Crippen molar-refractivity contribution < 1.29 is 4.42 Å². The first-order valence-electron chi connectivity index (χ1n) is 22.2. The van der Waals surface area contributed by atoms with Crippen LogP contribution < -0.4 is 4.90 Å². The molecule has 0 radical (unpaired) electrons. The molecule has 13 rings (SSSR count). The average molecular weight is 819 g/mol. The lowest BCUT2D eigenvalue weighted by molar-refractivity contribution is 0.662. The van der Waals surface area contributed by atoms with Crippen molar-refractivity contribution in [1.29, 1.82) is 0 Å². The third kappa shape index (κ3) is 5.34. The molecule has 3 heteroatoms. The van der Waals surface area contributed by atoms with E-state index in [2.05, 4.69) is 242 Å². The molecule has 0 aliphatic heterocycles. The van der Waals surface area contributed by atoms with Gasteiger partial charge in [-0.2, -0.15) is 0 Å². The highest BCUT2D eigenvalue weighted by molar-refractivity contribution is 6.18. The number of nitrogens with zero attached hydrogens (tertiary/aromatic N) is 2. The van der Waals surface area contributed by atoms with Gasteiger partial charge in [-0.3, -0.25) is 0 Å². The van der Waals surface area contributed by atoms with Crippen LogP contribution in [0.2, 0.25) is 0 Å². The van der Waals surface area contributed by atoms with Gasteiger partial charge in [-0.05, 0) is 99.4 Å². The molecular formula is C61H42N2O. The molecule has 0 atom stereocenters. The number of benzene rings is 10. The summed E-state index contributed by atoms with van der Waals surface area (Å²) in [5.74, 6) is 0. The Morgan fingerprint density at radius 2 is 0.938 bits per heavy atom. The van der Waals surface area contributed by atoms with Gasteiger partial charge in [0.25, 0.3) is 0 Å². The summed E-state index contributed by atoms with van der Waals surface area (Å²) in [5, 5.41) is 7.03. The Labute approximate surface area is 371 Å². The molecule has 0 spiro atoms. The predicted molar refractivity (Wildman–Crippen MR) is 269 cm³/mol. The molecule has 0 bridgehead atoms. The minimum atomic E-state index is -0.117. The van der Waals surface area contributed by atoms with Crippen LogP contribution in [0.1, 0.15) is 25.0 Å². The summed E-state index contributed by atoms with van der Waals surface area (Å²) in [7, 11) is 0. The van der Waals surface area contributed by atoms with Gasteiger partial charge in [-0.25, -0.2) is 0 Å². The molecule has 10 aromatic carbocycles. The van der Waals surface area contributed by atoms with E-state index in [-0.39, 0.29) is 5.41 Å². The second-order valence-electron chi connectivity index (χ2n) is 17.6. The second kappa shape index (κ2) is 13.9. The van der Waals surface area contributed by atoms with Crippen LogP contribution in [0.15, 0.2) is 223 Å². The number of hydrogen-bond acceptors (Lipinski definition) is 2. The number of aromatic nitrogens is 1. The molecular weight excluding hydrogens is 777 g/mol. The number of hydrogen-bond donors (Lipinski definition) is 0. The van der Waals surface area contributed by atoms with Crippen molar-refractivity contribution in [2.45, 2.75) is 19.3 Å². The molecule has 1 aliphatic carbocycles. The van der Waals surface area contributed by atoms with Gasteiger partial charge in [-0.15, -0.1) is 0 Å². The summed E-state index contributed by atoms with van der Waals surface area (Å²) >= 11 is 0. The van der Waals surface area contributed by atoms with Crippen LogP contribution in [-0.2, 0) is 5.41 Å². The van der Waals surface area contributed by atoms with Crippen molar-refractivity contribution in [1.82, 2.24) is 4.57 Å². The zero-order chi connectivity index (χ0) is 42.5. The number of anilines is 3. The van der Waals surface area contributed by atoms with Crippen molar-refractivity contribution in [2.75, 3.05) is 4.90 Å². The standard InChI is InChI=1S/C61H42N2O/c1-61(2)54-25-9-5-17-46(54)50-22-13-21-44(58(50)61)40-29-32-41(33-30-40)62(42-34-36-43(37-35-42)63-56-27-11-6-18-47(56)48-19-7-12-28-57(48)63)55-26-10-8-20-49(55)51-23-14-24-52-53-38-31-39-15-3-4-16-45(39)59(53)64-60(51)52/h3-38H,1-2H3. The van der Waals surface area contributed by atoms with Crippen LogP contribution >= 0.6 is 0 Å². The van der Waals surface area contributed by atoms with Crippen LogP contribution in [0, 0.1) is 0 Å². The Kier molecular flexibility index (Phi) is 7.95. The van der Waals surface area contributed by atoms with Crippen LogP contribution in [-0.4, -0.2) is 4.57 Å². The Morgan fingerprint density at radius 3 is 1.70 bits per heavy atom. The van der Waals surface area contributed by atoms with Crippen molar-refractivity contribution in [3.05, 3.63) is 230 Å². The number of para-hydroxylation sites is 4. The van der Waals surface area contributed by atoms with E-state index in [1.165, 1.54) is 60.6 Å². The largest absolute Gasteiger partial charge is 0.455 e. The van der Waals surface area contributed by atoms with Crippen molar-refractivity contribution in [3.8, 4) is 39.1 Å². The molecule has 0 amide bonds. The molecule has 12 aromatic rings. The topological polar surface area (TPSA) is 21.3 Å². The first-order chi connectivity index (χ1) is 31.5. The highest BCUT2D eigenvalue weighted by Gasteiger charge is 2.37. The van der Waals surface area contributed by atoms with E-state index in [0.29, 0.717) is 0 Å². The lowest BCUT2D eigenvalue weighted by Crippen LogP contribution is -2.16. The molecule has 0 saturated carbocycles. The van der Waals surface area contributed by atoms with E-state index in [4.69, 9.17) is 4.42 Å². The van der Waals surface area contributed by atoms with Crippen LogP contribution in [0.4, 0.5) is 17.1 Å². The molecule has 1 aliphatic rings. The van der Waals surface area contributed by atoms with Gasteiger partial charge in [0.2, 0.25) is 0 Å². The summed E-state index contributed by atoms with van der Waals surface area (Å²) in [6.45, 7) is 4.73. The monoisotopic (exact) mass is 818 g/mol. The Hall–Kier alpha value is -8.14. The van der Waals surface area contributed by atoms with E-state index in [0.717, 1.165) is 61.2 Å². The number of furan rings is 1. The average Bonchev–Trinajstić information content (AvgIpc) is 3.98. The van der Waals surface area contributed by atoms with E-state index < -0.39 is 0 Å². The van der Waals surface area contributed by atoms with Crippen LogP contribution in [0.3, 0.4) is 0 Å². The van der Waals surface area contributed by atoms with E-state index in [9.17, 15) is 0 Å². The van der Waals surface area contributed by atoms with Gasteiger partial charge in [0.15, 0.2) is 0 Å². The fourth-order valence-corrected chi connectivity index (χ4v) is 10.9. The highest BCUT2D eigenvalue weighted by Crippen LogP contribution is 2.52. The maximum Gasteiger partial charge on any atom is 0.143 e. The molecule has 0 unspecified atom stereocenters. The van der Waals surface area contributed by atoms with Gasteiger partial charge < -0.3 is 13.9 Å². The normalized spacial score (nSPS) is 13.0. The second-order valence-corrected chi connectivity index (χ2v) is 17.6. The molecule has 0 fully saturated rings. The van der Waals surface area contributed by atoms with Gasteiger partial charge >= 0.3 is 0 Å². The third-order valence-corrected chi connectivity index (χ3v) is 13.8. The summed E-state index contributed by atoms with van der Waals surface area (Å²) < 4.78 is 9.33. The lowest BCUT2D eigenvalue weighted by atomic mass is 9.79. The van der Waals surface area contributed by atoms with E-state index >= 15 is 0 Å². The minimum absolute atomic E-state index is 0.117. The molecule has 2 heterocycles. The van der Waals surface area contributed by atoms with Gasteiger partial charge in [0.05, 0.1) is 16.7 Å². The molecule has 64 heavy (non-hydrogen) atoms. The molecule has 302 valence electrons. The first-order valence-corrected chi connectivity index (χ1v) is 22.2. The fraction of sp³-hybridized carbons (Fsp3) is 0.0492. The SMILES string of the molecule is CC1(C)c2ccccc2-c2cccc(-c3ccc(N(c4ccc(-n5c6ccccc6c6ccccc65)cc4)c4ccccc4-c4cccc5c4oc4c6ccccc6ccc54)cc3)c21. The molecule has 3 nitrogen and oxygen atoms in total. The Balaban J connectivity index is 0.987. The Morgan fingerprint density at radius 1 is 0.391 bits per heavy atom. The van der Waals surface area contributed by atoms with Gasteiger partial charge in [-0.1, -0.05) is 172 Å². The van der Waals surface area contributed by atoms with Gasteiger partial charge in [0.1, 0.15) is 11.2 Å². The van der Waals surface area contributed by atoms with Crippen LogP contribution in [0.25, 0.3) is 93.6 Å². The Bertz CT molecular complexity index is 3760. The molecule has 2 aromatic heterocycles. The van der Waals surface area contributed by atoms with Crippen molar-refractivity contribution >= 4 is 71.6 Å². The third-order valence-electron chi connectivity index (χ3n) is 13.8. The highest BCUT2D eigenvalue weighted by atomic mass is 16.3. The summed E-state index contributed by atoms with van der Waals surface area (Å²) in [5.41, 5.74) is 18.4. The minimum Gasteiger partial charge on any atom is -0.455 e. The molecule has 0 saturated heterocycles. The summed E-state index contributed by atoms with van der Waals surface area (Å²) in [6.07, 6.45) is 0. The van der Waals surface area contributed by atoms with Crippen LogP contribution in [0.5, 0.6) is 0 Å². The summed E-state index contributed by atoms with van der Waals surface area (Å²) in [6, 6.07) is 79.5.